The molecule has 8 rings (SSSR count). The number of nitrogens with zero attached hydrogens (tertiary/aromatic N) is 4. The highest BCUT2D eigenvalue weighted by molar-refractivity contribution is 7.92. The van der Waals surface area contributed by atoms with Crippen molar-refractivity contribution in [2.24, 2.45) is 5.92 Å². The van der Waals surface area contributed by atoms with Crippen molar-refractivity contribution in [3.05, 3.63) is 82.7 Å². The van der Waals surface area contributed by atoms with Crippen LogP contribution in [0.5, 0.6) is 0 Å². The number of rotatable bonds is 2. The van der Waals surface area contributed by atoms with Gasteiger partial charge in [-0.15, -0.1) is 0 Å². The molecular formula is C35H39N7O4S2. The Bertz CT molecular complexity index is 1990. The SMILES string of the molecule is Cc1nc2sc1-c1cc3c(c(c1)S(=O)(=O)Nc1ccc(cc1)CN(C)CCCCNC(=O)c1cccc(n1)N2)C(=O)N([C@@H](C)C1CC1)C3. The monoisotopic (exact) mass is 685 g/mol. The van der Waals surface area contributed by atoms with Gasteiger partial charge in [0, 0.05) is 31.4 Å². The molecule has 13 heteroatoms. The minimum atomic E-state index is -4.15. The van der Waals surface area contributed by atoms with E-state index >= 15 is 0 Å². The predicted octanol–water partition coefficient (Wildman–Crippen LogP) is 5.77. The predicted molar refractivity (Wildman–Crippen MR) is 187 cm³/mol. The van der Waals surface area contributed by atoms with Crippen LogP contribution in [-0.4, -0.2) is 66.2 Å². The first-order chi connectivity index (χ1) is 23.1. The Labute approximate surface area is 284 Å². The van der Waals surface area contributed by atoms with Gasteiger partial charge in [-0.05, 0) is 112 Å². The molecule has 48 heavy (non-hydrogen) atoms. The van der Waals surface area contributed by atoms with Crippen LogP contribution in [0.15, 0.2) is 59.5 Å². The van der Waals surface area contributed by atoms with E-state index in [0.717, 1.165) is 42.7 Å². The Morgan fingerprint density at radius 2 is 1.79 bits per heavy atom. The third-order valence-electron chi connectivity index (χ3n) is 9.27. The molecule has 3 aliphatic heterocycles. The van der Waals surface area contributed by atoms with Crippen LogP contribution in [-0.2, 0) is 23.1 Å². The van der Waals surface area contributed by atoms with E-state index in [2.05, 4.69) is 32.2 Å². The van der Waals surface area contributed by atoms with E-state index in [1.807, 2.05) is 37.1 Å². The second-order valence-electron chi connectivity index (χ2n) is 13.0. The second kappa shape index (κ2) is 12.9. The molecule has 4 aliphatic rings. The molecule has 3 N–H and O–H groups in total. The molecule has 2 aromatic carbocycles. The highest BCUT2D eigenvalue weighted by atomic mass is 32.2. The summed E-state index contributed by atoms with van der Waals surface area (Å²) < 4.78 is 31.1. The number of hydrogen-bond donors (Lipinski definition) is 3. The summed E-state index contributed by atoms with van der Waals surface area (Å²) in [5.41, 5.74) is 4.06. The molecule has 1 saturated carbocycles. The molecular weight excluding hydrogens is 647 g/mol. The Kier molecular flexibility index (Phi) is 8.69. The van der Waals surface area contributed by atoms with Gasteiger partial charge in [-0.25, -0.2) is 18.4 Å². The van der Waals surface area contributed by atoms with Crippen LogP contribution in [0.25, 0.3) is 10.4 Å². The van der Waals surface area contributed by atoms with Crippen LogP contribution in [0.3, 0.4) is 0 Å². The third kappa shape index (κ3) is 6.67. The van der Waals surface area contributed by atoms with Crippen molar-refractivity contribution in [3.8, 4) is 10.4 Å². The Hall–Kier alpha value is -4.33. The smallest absolute Gasteiger partial charge is 0.269 e. The van der Waals surface area contributed by atoms with Crippen molar-refractivity contribution < 1.29 is 18.0 Å². The van der Waals surface area contributed by atoms with E-state index in [4.69, 9.17) is 4.98 Å². The highest BCUT2D eigenvalue weighted by Gasteiger charge is 2.41. The zero-order valence-electron chi connectivity index (χ0n) is 27.2. The largest absolute Gasteiger partial charge is 0.351 e. The fraction of sp³-hybridized carbons (Fsp3) is 0.371. The average molecular weight is 686 g/mol. The van der Waals surface area contributed by atoms with Crippen molar-refractivity contribution in [1.82, 2.24) is 25.1 Å². The average Bonchev–Trinajstić information content (AvgIpc) is 3.77. The van der Waals surface area contributed by atoms with Gasteiger partial charge in [-0.2, -0.15) is 0 Å². The maximum absolute atomic E-state index is 14.2. The summed E-state index contributed by atoms with van der Waals surface area (Å²) in [5, 5.41) is 6.74. The van der Waals surface area contributed by atoms with Crippen molar-refractivity contribution in [2.45, 2.75) is 63.6 Å². The van der Waals surface area contributed by atoms with E-state index < -0.39 is 10.0 Å². The molecule has 2 aromatic heterocycles. The zero-order chi connectivity index (χ0) is 33.6. The molecule has 4 aromatic rings. The van der Waals surface area contributed by atoms with Gasteiger partial charge < -0.3 is 20.4 Å². The molecule has 8 bridgehead atoms. The number of aromatic nitrogens is 2. The number of hydrogen-bond acceptors (Lipinski definition) is 9. The summed E-state index contributed by atoms with van der Waals surface area (Å²) in [6.07, 6.45) is 3.86. The molecule has 11 nitrogen and oxygen atoms in total. The Morgan fingerprint density at radius 3 is 2.56 bits per heavy atom. The Balaban J connectivity index is 1.29. The number of thiazole rings is 1. The van der Waals surface area contributed by atoms with Crippen LogP contribution in [0.2, 0.25) is 0 Å². The summed E-state index contributed by atoms with van der Waals surface area (Å²) in [5.74, 6) is 0.424. The molecule has 5 heterocycles. The molecule has 1 fully saturated rings. The van der Waals surface area contributed by atoms with E-state index in [1.54, 1.807) is 36.4 Å². The number of fused-ring (bicyclic) bond motifs is 11. The van der Waals surface area contributed by atoms with Crippen molar-refractivity contribution >= 4 is 49.8 Å². The normalized spacial score (nSPS) is 19.1. The van der Waals surface area contributed by atoms with Crippen LogP contribution in [0, 0.1) is 12.8 Å². The maximum atomic E-state index is 14.2. The molecule has 0 saturated heterocycles. The zero-order valence-corrected chi connectivity index (χ0v) is 28.9. The lowest BCUT2D eigenvalue weighted by molar-refractivity contribution is 0.0694. The molecule has 1 atom stereocenters. The summed E-state index contributed by atoms with van der Waals surface area (Å²) >= 11 is 1.36. The first-order valence-electron chi connectivity index (χ1n) is 16.3. The summed E-state index contributed by atoms with van der Waals surface area (Å²) in [7, 11) is -2.12. The van der Waals surface area contributed by atoms with E-state index in [0.29, 0.717) is 64.7 Å². The summed E-state index contributed by atoms with van der Waals surface area (Å²) in [6, 6.07) is 16.1. The number of sulfonamides is 1. The van der Waals surface area contributed by atoms with Crippen molar-refractivity contribution in [2.75, 3.05) is 30.2 Å². The van der Waals surface area contributed by atoms with Crippen molar-refractivity contribution in [3.63, 3.8) is 0 Å². The number of amides is 2. The van der Waals surface area contributed by atoms with E-state index in [-0.39, 0.29) is 28.3 Å². The lowest BCUT2D eigenvalue weighted by atomic mass is 10.0. The van der Waals surface area contributed by atoms with Gasteiger partial charge in [-0.3, -0.25) is 14.3 Å². The van der Waals surface area contributed by atoms with Gasteiger partial charge in [0.15, 0.2) is 5.13 Å². The minimum absolute atomic E-state index is 0.0264. The van der Waals surface area contributed by atoms with Gasteiger partial charge in [0.2, 0.25) is 0 Å². The third-order valence-corrected chi connectivity index (χ3v) is 11.8. The summed E-state index contributed by atoms with van der Waals surface area (Å²) in [4.78, 5) is 40.7. The summed E-state index contributed by atoms with van der Waals surface area (Å²) in [6.45, 7) is 6.34. The topological polar surface area (TPSA) is 137 Å². The van der Waals surface area contributed by atoms with Gasteiger partial charge >= 0.3 is 0 Å². The Morgan fingerprint density at radius 1 is 1.00 bits per heavy atom. The van der Waals surface area contributed by atoms with Crippen LogP contribution in [0.4, 0.5) is 16.6 Å². The molecule has 0 radical (unpaired) electrons. The number of nitrogens with one attached hydrogen (secondary N) is 3. The fourth-order valence-electron chi connectivity index (χ4n) is 6.48. The number of anilines is 3. The number of pyridine rings is 1. The van der Waals surface area contributed by atoms with Crippen LogP contribution < -0.4 is 15.4 Å². The molecule has 0 unspecified atom stereocenters. The van der Waals surface area contributed by atoms with Gasteiger partial charge in [0.25, 0.3) is 21.8 Å². The van der Waals surface area contributed by atoms with Crippen molar-refractivity contribution in [1.29, 1.82) is 0 Å². The standard InChI is InChI=1S/C35H39N7O4S2/c1-21-32-25-17-26-20-42(22(2)24-11-12-24)34(44)31(26)29(18-25)48(45,46)40-27-13-9-23(10-14-27)19-41(3)16-5-4-15-36-33(43)28-7-6-8-30(38-28)39-35(37-21)47-32/h6-10,13-14,17-18,22,24,40H,4-5,11-12,15-16,19-20H2,1-3H3,(H,36,43)(H,37,38,39)/t22-/m0/s1. The lowest BCUT2D eigenvalue weighted by Crippen LogP contribution is -2.35. The molecule has 2 amide bonds. The van der Waals surface area contributed by atoms with E-state index in [1.165, 1.54) is 11.3 Å². The van der Waals surface area contributed by atoms with Gasteiger partial charge in [-0.1, -0.05) is 29.5 Å². The highest BCUT2D eigenvalue weighted by Crippen LogP contribution is 2.43. The molecule has 250 valence electrons. The number of benzene rings is 2. The van der Waals surface area contributed by atoms with Crippen LogP contribution >= 0.6 is 11.3 Å². The maximum Gasteiger partial charge on any atom is 0.269 e. The van der Waals surface area contributed by atoms with Gasteiger partial charge in [0.05, 0.1) is 16.1 Å². The minimum Gasteiger partial charge on any atom is -0.351 e. The first kappa shape index (κ1) is 32.2. The fourth-order valence-corrected chi connectivity index (χ4v) is 8.77. The molecule has 0 spiro atoms. The second-order valence-corrected chi connectivity index (χ2v) is 15.6. The number of carbonyl (C=O) groups is 2. The number of aryl methyl sites for hydroxylation is 1. The van der Waals surface area contributed by atoms with E-state index in [9.17, 15) is 18.0 Å². The molecule has 1 aliphatic carbocycles. The first-order valence-corrected chi connectivity index (χ1v) is 18.6. The number of carbonyl (C=O) groups excluding carboxylic acids is 2. The van der Waals surface area contributed by atoms with Crippen LogP contribution in [0.1, 0.15) is 70.3 Å². The lowest BCUT2D eigenvalue weighted by Gasteiger charge is -2.24. The quantitative estimate of drug-likeness (QED) is 0.242. The van der Waals surface area contributed by atoms with Gasteiger partial charge in [0.1, 0.15) is 16.4 Å².